The molecule has 1 aromatic heterocycles. The van der Waals surface area contributed by atoms with Crippen molar-refractivity contribution in [1.29, 1.82) is 0 Å². The molecule has 3 heteroatoms. The minimum Gasteiger partial charge on any atom is -0.487 e. The molecule has 0 bridgehead atoms. The van der Waals surface area contributed by atoms with Crippen LogP contribution in [0.2, 0.25) is 0 Å². The molecule has 2 rings (SSSR count). The highest BCUT2D eigenvalue weighted by atomic mass is 16.5. The van der Waals surface area contributed by atoms with Gasteiger partial charge in [0.25, 0.3) is 0 Å². The average Bonchev–Trinajstić information content (AvgIpc) is 2.29. The number of benzene rings is 1. The molecule has 0 fully saturated rings. The first-order valence-electron chi connectivity index (χ1n) is 4.72. The quantitative estimate of drug-likeness (QED) is 0.826. The van der Waals surface area contributed by atoms with Gasteiger partial charge in [0.2, 0.25) is 0 Å². The lowest BCUT2D eigenvalue weighted by molar-refractivity contribution is 0.307. The molecule has 15 heavy (non-hydrogen) atoms. The number of nitrogens with zero attached hydrogens (tertiary/aromatic N) is 1. The summed E-state index contributed by atoms with van der Waals surface area (Å²) in [5.41, 5.74) is 7.38. The third-order valence-electron chi connectivity index (χ3n) is 2.05. The first-order chi connectivity index (χ1) is 7.36. The summed E-state index contributed by atoms with van der Waals surface area (Å²) in [7, 11) is 0. The summed E-state index contributed by atoms with van der Waals surface area (Å²) < 4.78 is 5.56. The fraction of sp³-hybridized carbons (Fsp3) is 0.0833. The Bertz CT molecular complexity index is 429. The zero-order valence-electron chi connectivity index (χ0n) is 8.26. The third-order valence-corrected chi connectivity index (χ3v) is 2.05. The van der Waals surface area contributed by atoms with Crippen LogP contribution in [-0.2, 0) is 6.61 Å². The maximum atomic E-state index is 5.70. The van der Waals surface area contributed by atoms with Gasteiger partial charge >= 0.3 is 0 Å². The molecule has 1 aromatic carbocycles. The number of hydrogen-bond acceptors (Lipinski definition) is 3. The number of pyridine rings is 1. The second-order valence-electron chi connectivity index (χ2n) is 3.19. The number of hydrogen-bond donors (Lipinski definition) is 1. The van der Waals surface area contributed by atoms with Crippen LogP contribution >= 0.6 is 0 Å². The number of rotatable bonds is 3. The van der Waals surface area contributed by atoms with E-state index in [0.717, 1.165) is 5.56 Å². The lowest BCUT2D eigenvalue weighted by Crippen LogP contribution is -1.98. The molecule has 0 aliphatic heterocycles. The molecule has 0 radical (unpaired) electrons. The highest BCUT2D eigenvalue weighted by Crippen LogP contribution is 2.19. The van der Waals surface area contributed by atoms with Crippen molar-refractivity contribution in [2.75, 3.05) is 5.73 Å². The van der Waals surface area contributed by atoms with Gasteiger partial charge in [-0.1, -0.05) is 30.3 Å². The standard InChI is InChI=1S/C12H12N2O/c13-11-8-14-7-6-12(11)15-9-10-4-2-1-3-5-10/h1-8H,9,13H2. The van der Waals surface area contributed by atoms with Gasteiger partial charge in [0.05, 0.1) is 11.9 Å². The Hall–Kier alpha value is -2.03. The summed E-state index contributed by atoms with van der Waals surface area (Å²) in [4.78, 5) is 3.89. The van der Waals surface area contributed by atoms with E-state index in [1.165, 1.54) is 0 Å². The number of nitrogens with two attached hydrogens (primary N) is 1. The van der Waals surface area contributed by atoms with E-state index in [0.29, 0.717) is 18.0 Å². The van der Waals surface area contributed by atoms with Gasteiger partial charge in [-0.25, -0.2) is 0 Å². The molecular weight excluding hydrogens is 188 g/mol. The molecule has 0 aliphatic rings. The van der Waals surface area contributed by atoms with Crippen molar-refractivity contribution in [3.8, 4) is 5.75 Å². The van der Waals surface area contributed by atoms with E-state index in [9.17, 15) is 0 Å². The van der Waals surface area contributed by atoms with Crippen LogP contribution in [0.3, 0.4) is 0 Å². The molecule has 0 aliphatic carbocycles. The van der Waals surface area contributed by atoms with Crippen LogP contribution < -0.4 is 10.5 Å². The summed E-state index contributed by atoms with van der Waals surface area (Å²) in [5.74, 6) is 0.675. The van der Waals surface area contributed by atoms with Gasteiger partial charge in [-0.3, -0.25) is 4.98 Å². The van der Waals surface area contributed by atoms with E-state index in [1.807, 2.05) is 30.3 Å². The van der Waals surface area contributed by atoms with Gasteiger partial charge in [-0.05, 0) is 5.56 Å². The molecule has 0 saturated heterocycles. The molecule has 76 valence electrons. The van der Waals surface area contributed by atoms with E-state index in [1.54, 1.807) is 18.5 Å². The van der Waals surface area contributed by atoms with E-state index in [4.69, 9.17) is 10.5 Å². The Morgan fingerprint density at radius 2 is 1.93 bits per heavy atom. The predicted molar refractivity (Wildman–Crippen MR) is 59.4 cm³/mol. The van der Waals surface area contributed by atoms with Crippen LogP contribution in [0.15, 0.2) is 48.8 Å². The van der Waals surface area contributed by atoms with Crippen molar-refractivity contribution in [2.45, 2.75) is 6.61 Å². The fourth-order valence-corrected chi connectivity index (χ4v) is 1.26. The lowest BCUT2D eigenvalue weighted by Gasteiger charge is -2.07. The Labute approximate surface area is 88.5 Å². The molecule has 0 atom stereocenters. The van der Waals surface area contributed by atoms with Gasteiger partial charge in [-0.15, -0.1) is 0 Å². The fourth-order valence-electron chi connectivity index (χ4n) is 1.26. The summed E-state index contributed by atoms with van der Waals surface area (Å²) in [6.45, 7) is 0.523. The predicted octanol–water partition coefficient (Wildman–Crippen LogP) is 2.24. The summed E-state index contributed by atoms with van der Waals surface area (Å²) in [6, 6.07) is 11.7. The number of ether oxygens (including phenoxy) is 1. The monoisotopic (exact) mass is 200 g/mol. The molecule has 0 unspecified atom stereocenters. The van der Waals surface area contributed by atoms with E-state index >= 15 is 0 Å². The molecule has 0 spiro atoms. The third kappa shape index (κ3) is 2.47. The smallest absolute Gasteiger partial charge is 0.145 e. The molecule has 3 nitrogen and oxygen atoms in total. The lowest BCUT2D eigenvalue weighted by atomic mass is 10.2. The molecule has 2 aromatic rings. The topological polar surface area (TPSA) is 48.1 Å². The molecule has 1 heterocycles. The SMILES string of the molecule is Nc1cnccc1OCc1ccccc1. The molecule has 2 N–H and O–H groups in total. The van der Waals surface area contributed by atoms with Crippen LogP contribution in [0.4, 0.5) is 5.69 Å². The van der Waals surface area contributed by atoms with Crippen molar-refractivity contribution in [2.24, 2.45) is 0 Å². The summed E-state index contributed by atoms with van der Waals surface area (Å²) in [5, 5.41) is 0. The molecule has 0 saturated carbocycles. The highest BCUT2D eigenvalue weighted by molar-refractivity contribution is 5.49. The van der Waals surface area contributed by atoms with Crippen LogP contribution in [0.25, 0.3) is 0 Å². The molecular formula is C12H12N2O. The number of nitrogen functional groups attached to an aromatic ring is 1. The van der Waals surface area contributed by atoms with Gasteiger partial charge in [0.15, 0.2) is 0 Å². The second kappa shape index (κ2) is 4.46. The first kappa shape index (κ1) is 9.52. The van der Waals surface area contributed by atoms with Gasteiger partial charge < -0.3 is 10.5 Å². The van der Waals surface area contributed by atoms with Crippen molar-refractivity contribution >= 4 is 5.69 Å². The van der Waals surface area contributed by atoms with Gasteiger partial charge in [-0.2, -0.15) is 0 Å². The minimum atomic E-state index is 0.523. The van der Waals surface area contributed by atoms with Gasteiger partial charge in [0, 0.05) is 12.3 Å². The van der Waals surface area contributed by atoms with Crippen LogP contribution in [-0.4, -0.2) is 4.98 Å². The Kier molecular flexibility index (Phi) is 2.83. The highest BCUT2D eigenvalue weighted by Gasteiger charge is 1.99. The zero-order valence-corrected chi connectivity index (χ0v) is 8.26. The summed E-state index contributed by atoms with van der Waals surface area (Å²) >= 11 is 0. The Morgan fingerprint density at radius 1 is 1.13 bits per heavy atom. The summed E-state index contributed by atoms with van der Waals surface area (Å²) in [6.07, 6.45) is 3.25. The first-order valence-corrected chi connectivity index (χ1v) is 4.72. The van der Waals surface area contributed by atoms with E-state index in [-0.39, 0.29) is 0 Å². The maximum absolute atomic E-state index is 5.70. The second-order valence-corrected chi connectivity index (χ2v) is 3.19. The Morgan fingerprint density at radius 3 is 2.67 bits per heavy atom. The van der Waals surface area contributed by atoms with Crippen LogP contribution in [0.1, 0.15) is 5.56 Å². The van der Waals surface area contributed by atoms with Crippen LogP contribution in [0, 0.1) is 0 Å². The normalized spacial score (nSPS) is 9.87. The van der Waals surface area contributed by atoms with E-state index < -0.39 is 0 Å². The van der Waals surface area contributed by atoms with Crippen LogP contribution in [0.5, 0.6) is 5.75 Å². The van der Waals surface area contributed by atoms with E-state index in [2.05, 4.69) is 4.98 Å². The van der Waals surface area contributed by atoms with Crippen molar-refractivity contribution in [3.05, 3.63) is 54.4 Å². The molecule has 0 amide bonds. The Balaban J connectivity index is 2.03. The average molecular weight is 200 g/mol. The number of aromatic nitrogens is 1. The number of anilines is 1. The minimum absolute atomic E-state index is 0.523. The largest absolute Gasteiger partial charge is 0.487 e. The maximum Gasteiger partial charge on any atom is 0.145 e. The van der Waals surface area contributed by atoms with Crippen molar-refractivity contribution in [1.82, 2.24) is 4.98 Å². The van der Waals surface area contributed by atoms with Gasteiger partial charge in [0.1, 0.15) is 12.4 Å². The van der Waals surface area contributed by atoms with Crippen molar-refractivity contribution < 1.29 is 4.74 Å². The zero-order chi connectivity index (χ0) is 10.5. The van der Waals surface area contributed by atoms with Crippen molar-refractivity contribution in [3.63, 3.8) is 0 Å².